The number of aromatic carboxylic acids is 1. The highest BCUT2D eigenvalue weighted by Gasteiger charge is 2.15. The van der Waals surface area contributed by atoms with Crippen molar-refractivity contribution >= 4 is 5.97 Å². The maximum Gasteiger partial charge on any atom is 0.337 e. The number of ether oxygens (including phenoxy) is 1. The van der Waals surface area contributed by atoms with Crippen LogP contribution in [0.4, 0.5) is 0 Å². The van der Waals surface area contributed by atoms with Crippen molar-refractivity contribution in [1.82, 2.24) is 10.3 Å². The molecule has 2 N–H and O–H groups in total. The Balaban J connectivity index is 2.45. The maximum absolute atomic E-state index is 10.6. The molecule has 0 aliphatic heterocycles. The van der Waals surface area contributed by atoms with Crippen LogP contribution in [0.5, 0.6) is 0 Å². The molecule has 1 aromatic heterocycles. The second-order valence-electron chi connectivity index (χ2n) is 4.41. The molecule has 0 saturated heterocycles. The summed E-state index contributed by atoms with van der Waals surface area (Å²) in [5.74, 6) is -0.961. The van der Waals surface area contributed by atoms with Crippen LogP contribution in [0.2, 0.25) is 0 Å². The summed E-state index contributed by atoms with van der Waals surface area (Å²) < 4.78 is 5.27. The molecule has 0 fully saturated rings. The third kappa shape index (κ3) is 4.50. The van der Waals surface area contributed by atoms with Crippen LogP contribution in [-0.4, -0.2) is 35.3 Å². The minimum atomic E-state index is -0.961. The van der Waals surface area contributed by atoms with Gasteiger partial charge in [0, 0.05) is 26.4 Å². The van der Waals surface area contributed by atoms with E-state index in [9.17, 15) is 4.79 Å². The topological polar surface area (TPSA) is 71.5 Å². The Bertz CT molecular complexity index is 374. The Morgan fingerprint density at radius 3 is 2.71 bits per heavy atom. The molecule has 0 radical (unpaired) electrons. The van der Waals surface area contributed by atoms with Gasteiger partial charge in [-0.05, 0) is 26.0 Å². The second kappa shape index (κ2) is 5.75. The van der Waals surface area contributed by atoms with Crippen LogP contribution in [0, 0.1) is 0 Å². The van der Waals surface area contributed by atoms with E-state index in [1.165, 1.54) is 6.20 Å². The van der Waals surface area contributed by atoms with Crippen molar-refractivity contribution in [2.75, 3.05) is 13.7 Å². The van der Waals surface area contributed by atoms with Crippen molar-refractivity contribution in [2.24, 2.45) is 0 Å². The summed E-state index contributed by atoms with van der Waals surface area (Å²) in [6.45, 7) is 5.26. The molecule has 0 aliphatic carbocycles. The Labute approximate surface area is 101 Å². The third-order valence-corrected chi connectivity index (χ3v) is 2.48. The van der Waals surface area contributed by atoms with Crippen LogP contribution in [0.25, 0.3) is 0 Å². The first kappa shape index (κ1) is 13.6. The Morgan fingerprint density at radius 1 is 1.53 bits per heavy atom. The van der Waals surface area contributed by atoms with E-state index < -0.39 is 5.97 Å². The van der Waals surface area contributed by atoms with Gasteiger partial charge in [-0.2, -0.15) is 0 Å². The lowest BCUT2D eigenvalue weighted by Crippen LogP contribution is -2.36. The molecular formula is C12H18N2O3. The first-order chi connectivity index (χ1) is 7.94. The molecule has 0 unspecified atom stereocenters. The Kier molecular flexibility index (Phi) is 4.60. The van der Waals surface area contributed by atoms with Crippen molar-refractivity contribution < 1.29 is 14.6 Å². The third-order valence-electron chi connectivity index (χ3n) is 2.48. The zero-order chi connectivity index (χ0) is 12.9. The average Bonchev–Trinajstić information content (AvgIpc) is 2.29. The van der Waals surface area contributed by atoms with Crippen LogP contribution in [0.3, 0.4) is 0 Å². The SMILES string of the molecule is COC(C)(C)CNCc1ccc(C(=O)O)cn1. The fraction of sp³-hybridized carbons (Fsp3) is 0.500. The van der Waals surface area contributed by atoms with E-state index in [2.05, 4.69) is 10.3 Å². The molecule has 5 nitrogen and oxygen atoms in total. The van der Waals surface area contributed by atoms with Gasteiger partial charge in [0.25, 0.3) is 0 Å². The maximum atomic E-state index is 10.6. The average molecular weight is 238 g/mol. The van der Waals surface area contributed by atoms with Gasteiger partial charge in [-0.25, -0.2) is 4.79 Å². The zero-order valence-electron chi connectivity index (χ0n) is 10.4. The van der Waals surface area contributed by atoms with E-state index in [1.807, 2.05) is 13.8 Å². The Morgan fingerprint density at radius 2 is 2.24 bits per heavy atom. The number of carbonyl (C=O) groups is 1. The van der Waals surface area contributed by atoms with Crippen LogP contribution < -0.4 is 5.32 Å². The number of nitrogens with zero attached hydrogens (tertiary/aromatic N) is 1. The van der Waals surface area contributed by atoms with Gasteiger partial charge in [0.2, 0.25) is 0 Å². The summed E-state index contributed by atoms with van der Waals surface area (Å²) in [6.07, 6.45) is 1.36. The molecule has 17 heavy (non-hydrogen) atoms. The quantitative estimate of drug-likeness (QED) is 0.781. The number of pyridine rings is 1. The number of nitrogens with one attached hydrogen (secondary N) is 1. The van der Waals surface area contributed by atoms with E-state index in [4.69, 9.17) is 9.84 Å². The summed E-state index contributed by atoms with van der Waals surface area (Å²) >= 11 is 0. The van der Waals surface area contributed by atoms with Crippen molar-refractivity contribution in [3.05, 3.63) is 29.6 Å². The summed E-state index contributed by atoms with van der Waals surface area (Å²) in [7, 11) is 1.67. The molecular weight excluding hydrogens is 220 g/mol. The number of methoxy groups -OCH3 is 1. The first-order valence-electron chi connectivity index (χ1n) is 5.39. The highest BCUT2D eigenvalue weighted by atomic mass is 16.5. The molecule has 0 spiro atoms. The van der Waals surface area contributed by atoms with E-state index >= 15 is 0 Å². The molecule has 0 bridgehead atoms. The van der Waals surface area contributed by atoms with Gasteiger partial charge in [-0.15, -0.1) is 0 Å². The lowest BCUT2D eigenvalue weighted by atomic mass is 10.1. The van der Waals surface area contributed by atoms with E-state index in [0.717, 1.165) is 5.69 Å². The molecule has 0 amide bonds. The lowest BCUT2D eigenvalue weighted by molar-refractivity contribution is 0.0230. The fourth-order valence-electron chi connectivity index (χ4n) is 1.22. The molecule has 1 heterocycles. The lowest BCUT2D eigenvalue weighted by Gasteiger charge is -2.23. The number of hydrogen-bond donors (Lipinski definition) is 2. The molecule has 94 valence electrons. The molecule has 0 atom stereocenters. The molecule has 0 aliphatic rings. The van der Waals surface area contributed by atoms with Crippen LogP contribution in [-0.2, 0) is 11.3 Å². The zero-order valence-corrected chi connectivity index (χ0v) is 10.4. The van der Waals surface area contributed by atoms with E-state index in [0.29, 0.717) is 13.1 Å². The largest absolute Gasteiger partial charge is 0.478 e. The summed E-state index contributed by atoms with van der Waals surface area (Å²) in [6, 6.07) is 3.25. The summed E-state index contributed by atoms with van der Waals surface area (Å²) in [5, 5.41) is 11.9. The summed E-state index contributed by atoms with van der Waals surface area (Å²) in [4.78, 5) is 14.7. The van der Waals surface area contributed by atoms with Gasteiger partial charge in [-0.3, -0.25) is 4.98 Å². The number of carboxylic acid groups (broad SMARTS) is 1. The van der Waals surface area contributed by atoms with Crippen molar-refractivity contribution in [3.8, 4) is 0 Å². The second-order valence-corrected chi connectivity index (χ2v) is 4.41. The van der Waals surface area contributed by atoms with Crippen molar-refractivity contribution in [2.45, 2.75) is 26.0 Å². The van der Waals surface area contributed by atoms with Crippen LogP contribution >= 0.6 is 0 Å². The van der Waals surface area contributed by atoms with E-state index in [1.54, 1.807) is 19.2 Å². The van der Waals surface area contributed by atoms with Crippen LogP contribution in [0.15, 0.2) is 18.3 Å². The number of rotatable bonds is 6. The highest BCUT2D eigenvalue weighted by Crippen LogP contribution is 2.05. The highest BCUT2D eigenvalue weighted by molar-refractivity contribution is 5.87. The van der Waals surface area contributed by atoms with E-state index in [-0.39, 0.29) is 11.2 Å². The number of aromatic nitrogens is 1. The number of carboxylic acids is 1. The fourth-order valence-corrected chi connectivity index (χ4v) is 1.22. The van der Waals surface area contributed by atoms with Gasteiger partial charge in [-0.1, -0.05) is 0 Å². The van der Waals surface area contributed by atoms with Gasteiger partial charge in [0.1, 0.15) is 0 Å². The normalized spacial score (nSPS) is 11.5. The van der Waals surface area contributed by atoms with Gasteiger partial charge >= 0.3 is 5.97 Å². The minimum Gasteiger partial charge on any atom is -0.478 e. The predicted molar refractivity (Wildman–Crippen MR) is 64.0 cm³/mol. The Hall–Kier alpha value is -1.46. The predicted octanol–water partition coefficient (Wildman–Crippen LogP) is 1.29. The monoisotopic (exact) mass is 238 g/mol. The van der Waals surface area contributed by atoms with Gasteiger partial charge < -0.3 is 15.2 Å². The number of hydrogen-bond acceptors (Lipinski definition) is 4. The van der Waals surface area contributed by atoms with Crippen molar-refractivity contribution in [1.29, 1.82) is 0 Å². The first-order valence-corrected chi connectivity index (χ1v) is 5.39. The van der Waals surface area contributed by atoms with Gasteiger partial charge in [0.05, 0.1) is 16.9 Å². The molecule has 1 aromatic rings. The molecule has 5 heteroatoms. The molecule has 0 aromatic carbocycles. The standard InChI is InChI=1S/C12H18N2O3/c1-12(2,17-3)8-13-7-10-5-4-9(6-14-10)11(15)16/h4-6,13H,7-8H2,1-3H3,(H,15,16). The van der Waals surface area contributed by atoms with Crippen molar-refractivity contribution in [3.63, 3.8) is 0 Å². The minimum absolute atomic E-state index is 0.200. The summed E-state index contributed by atoms with van der Waals surface area (Å²) in [5.41, 5.74) is 0.786. The smallest absolute Gasteiger partial charge is 0.337 e. The molecule has 1 rings (SSSR count). The van der Waals surface area contributed by atoms with Gasteiger partial charge in [0.15, 0.2) is 0 Å². The van der Waals surface area contributed by atoms with Crippen LogP contribution in [0.1, 0.15) is 29.9 Å². The molecule has 0 saturated carbocycles.